The van der Waals surface area contributed by atoms with Crippen LogP contribution in [0.3, 0.4) is 0 Å². The molecule has 3 N–H and O–H groups in total. The first-order valence-electron chi connectivity index (χ1n) is 4.03. The number of nitrogen functional groups attached to an aromatic ring is 1. The maximum absolute atomic E-state index is 11.2. The summed E-state index contributed by atoms with van der Waals surface area (Å²) in [7, 11) is 1.77. The van der Waals surface area contributed by atoms with Crippen molar-refractivity contribution in [1.82, 2.24) is 15.1 Å². The molecule has 1 aliphatic rings. The van der Waals surface area contributed by atoms with Gasteiger partial charge in [-0.15, -0.1) is 12.4 Å². The van der Waals surface area contributed by atoms with E-state index in [4.69, 9.17) is 5.73 Å². The quantitative estimate of drug-likeness (QED) is 0.693. The maximum atomic E-state index is 11.2. The lowest BCUT2D eigenvalue weighted by Crippen LogP contribution is -2.28. The van der Waals surface area contributed by atoms with Crippen molar-refractivity contribution in [2.75, 3.05) is 23.7 Å². The van der Waals surface area contributed by atoms with Crippen molar-refractivity contribution >= 4 is 29.9 Å². The van der Waals surface area contributed by atoms with Crippen LogP contribution in [0.2, 0.25) is 0 Å². The molecular formula is C7H12ClN5O. The van der Waals surface area contributed by atoms with E-state index >= 15 is 0 Å². The van der Waals surface area contributed by atoms with Crippen LogP contribution in [-0.2, 0) is 7.05 Å². The van der Waals surface area contributed by atoms with Crippen molar-refractivity contribution < 1.29 is 4.79 Å². The zero-order valence-electron chi connectivity index (χ0n) is 7.73. The van der Waals surface area contributed by atoms with Crippen molar-refractivity contribution in [3.8, 4) is 0 Å². The zero-order valence-corrected chi connectivity index (χ0v) is 8.54. The summed E-state index contributed by atoms with van der Waals surface area (Å²) < 4.78 is 1.59. The predicted octanol–water partition coefficient (Wildman–Crippen LogP) is -0.0463. The molecule has 0 radical (unpaired) electrons. The standard InChI is InChI=1S/C7H11N5O.ClH/c1-11-4-5(8)6(10-11)12-3-2-9-7(12)13;/h4H,2-3,8H2,1H3,(H,9,13);1H. The van der Waals surface area contributed by atoms with Gasteiger partial charge in [0, 0.05) is 26.3 Å². The molecule has 0 aliphatic carbocycles. The Kier molecular flexibility index (Phi) is 2.85. The van der Waals surface area contributed by atoms with Crippen LogP contribution in [0.4, 0.5) is 16.3 Å². The summed E-state index contributed by atoms with van der Waals surface area (Å²) in [6, 6.07) is -0.134. The molecule has 2 amide bonds. The maximum Gasteiger partial charge on any atom is 0.323 e. The number of amides is 2. The number of anilines is 2. The SMILES string of the molecule is Cl.Cn1cc(N)c(N2CCNC2=O)n1. The number of nitrogens with zero attached hydrogens (tertiary/aromatic N) is 3. The van der Waals surface area contributed by atoms with Gasteiger partial charge >= 0.3 is 6.03 Å². The van der Waals surface area contributed by atoms with E-state index in [1.54, 1.807) is 17.9 Å². The Balaban J connectivity index is 0.000000980. The van der Waals surface area contributed by atoms with Crippen molar-refractivity contribution in [3.63, 3.8) is 0 Å². The number of aryl methyl sites for hydroxylation is 1. The highest BCUT2D eigenvalue weighted by atomic mass is 35.5. The van der Waals surface area contributed by atoms with Gasteiger partial charge in [-0.1, -0.05) is 0 Å². The van der Waals surface area contributed by atoms with Crippen molar-refractivity contribution in [1.29, 1.82) is 0 Å². The molecule has 6 nitrogen and oxygen atoms in total. The summed E-state index contributed by atoms with van der Waals surface area (Å²) in [6.07, 6.45) is 1.68. The summed E-state index contributed by atoms with van der Waals surface area (Å²) in [5.74, 6) is 0.539. The van der Waals surface area contributed by atoms with Gasteiger partial charge in [0.25, 0.3) is 0 Å². The molecule has 1 aliphatic heterocycles. The Hall–Kier alpha value is -1.43. The molecule has 0 saturated carbocycles. The number of hydrogen-bond donors (Lipinski definition) is 2. The highest BCUT2D eigenvalue weighted by molar-refractivity contribution is 5.95. The van der Waals surface area contributed by atoms with E-state index in [-0.39, 0.29) is 18.4 Å². The number of nitrogens with two attached hydrogens (primary N) is 1. The van der Waals surface area contributed by atoms with Crippen LogP contribution >= 0.6 is 12.4 Å². The Morgan fingerprint density at radius 1 is 1.64 bits per heavy atom. The van der Waals surface area contributed by atoms with Crippen LogP contribution in [0.1, 0.15) is 0 Å². The summed E-state index contributed by atoms with van der Waals surface area (Å²) in [5, 5.41) is 6.79. The number of carbonyl (C=O) groups excluding carboxylic acids is 1. The third-order valence-corrected chi connectivity index (χ3v) is 1.95. The van der Waals surface area contributed by atoms with Crippen LogP contribution in [0.5, 0.6) is 0 Å². The average Bonchev–Trinajstić information content (AvgIpc) is 2.58. The highest BCUT2D eigenvalue weighted by Crippen LogP contribution is 2.21. The van der Waals surface area contributed by atoms with E-state index in [1.165, 1.54) is 4.90 Å². The van der Waals surface area contributed by atoms with Gasteiger partial charge in [0.2, 0.25) is 0 Å². The molecule has 1 saturated heterocycles. The molecule has 0 unspecified atom stereocenters. The number of halogens is 1. The molecule has 2 rings (SSSR count). The number of hydrogen-bond acceptors (Lipinski definition) is 3. The molecular weight excluding hydrogens is 206 g/mol. The minimum absolute atomic E-state index is 0. The number of urea groups is 1. The van der Waals surface area contributed by atoms with Gasteiger partial charge in [-0.25, -0.2) is 4.79 Å². The van der Waals surface area contributed by atoms with E-state index in [2.05, 4.69) is 10.4 Å². The molecule has 7 heteroatoms. The van der Waals surface area contributed by atoms with Gasteiger partial charge in [-0.2, -0.15) is 5.10 Å². The van der Waals surface area contributed by atoms with Crippen LogP contribution in [0.15, 0.2) is 6.20 Å². The number of nitrogens with one attached hydrogen (secondary N) is 1. The van der Waals surface area contributed by atoms with Gasteiger partial charge in [0.05, 0.1) is 5.69 Å². The van der Waals surface area contributed by atoms with Crippen molar-refractivity contribution in [2.24, 2.45) is 7.05 Å². The first-order chi connectivity index (χ1) is 6.18. The zero-order chi connectivity index (χ0) is 9.42. The third-order valence-electron chi connectivity index (χ3n) is 1.95. The van der Waals surface area contributed by atoms with E-state index in [9.17, 15) is 4.79 Å². The van der Waals surface area contributed by atoms with Crippen LogP contribution < -0.4 is 16.0 Å². The van der Waals surface area contributed by atoms with Crippen LogP contribution in [0.25, 0.3) is 0 Å². The van der Waals surface area contributed by atoms with Gasteiger partial charge < -0.3 is 11.1 Å². The minimum atomic E-state index is -0.134. The molecule has 1 fully saturated rings. The van der Waals surface area contributed by atoms with E-state index in [0.717, 1.165) is 0 Å². The van der Waals surface area contributed by atoms with E-state index in [0.29, 0.717) is 24.6 Å². The summed E-state index contributed by atoms with van der Waals surface area (Å²) in [4.78, 5) is 12.8. The summed E-state index contributed by atoms with van der Waals surface area (Å²) >= 11 is 0. The fraction of sp³-hybridized carbons (Fsp3) is 0.429. The second-order valence-corrected chi connectivity index (χ2v) is 2.97. The Morgan fingerprint density at radius 2 is 2.36 bits per heavy atom. The molecule has 0 atom stereocenters. The molecule has 2 heterocycles. The fourth-order valence-electron chi connectivity index (χ4n) is 1.38. The predicted molar refractivity (Wildman–Crippen MR) is 55.6 cm³/mol. The van der Waals surface area contributed by atoms with Crippen molar-refractivity contribution in [3.05, 3.63) is 6.20 Å². The monoisotopic (exact) mass is 217 g/mol. The topological polar surface area (TPSA) is 76.2 Å². The Bertz CT molecular complexity index is 350. The molecule has 0 aromatic carbocycles. The molecule has 78 valence electrons. The largest absolute Gasteiger partial charge is 0.394 e. The Labute approximate surface area is 87.5 Å². The van der Waals surface area contributed by atoms with Crippen LogP contribution in [-0.4, -0.2) is 28.9 Å². The van der Waals surface area contributed by atoms with E-state index in [1.807, 2.05) is 0 Å². The minimum Gasteiger partial charge on any atom is -0.394 e. The molecule has 1 aromatic heterocycles. The van der Waals surface area contributed by atoms with Gasteiger partial charge in [0.15, 0.2) is 5.82 Å². The van der Waals surface area contributed by atoms with Crippen molar-refractivity contribution in [2.45, 2.75) is 0 Å². The first kappa shape index (κ1) is 10.6. The highest BCUT2D eigenvalue weighted by Gasteiger charge is 2.24. The number of carbonyl (C=O) groups is 1. The lowest BCUT2D eigenvalue weighted by atomic mass is 10.5. The second-order valence-electron chi connectivity index (χ2n) is 2.97. The number of rotatable bonds is 1. The van der Waals surface area contributed by atoms with Gasteiger partial charge in [0.1, 0.15) is 0 Å². The third kappa shape index (κ3) is 1.60. The number of aromatic nitrogens is 2. The average molecular weight is 218 g/mol. The van der Waals surface area contributed by atoms with Gasteiger partial charge in [-0.05, 0) is 0 Å². The Morgan fingerprint density at radius 3 is 2.79 bits per heavy atom. The molecule has 0 bridgehead atoms. The van der Waals surface area contributed by atoms with Crippen LogP contribution in [0, 0.1) is 0 Å². The first-order valence-corrected chi connectivity index (χ1v) is 4.03. The summed E-state index contributed by atoms with van der Waals surface area (Å²) in [5.41, 5.74) is 6.21. The molecule has 14 heavy (non-hydrogen) atoms. The fourth-order valence-corrected chi connectivity index (χ4v) is 1.38. The normalized spacial score (nSPS) is 15.2. The lowest BCUT2D eigenvalue weighted by molar-refractivity contribution is 0.252. The molecule has 1 aromatic rings. The smallest absolute Gasteiger partial charge is 0.323 e. The lowest BCUT2D eigenvalue weighted by Gasteiger charge is -2.10. The molecule has 0 spiro atoms. The second kappa shape index (κ2) is 3.75. The van der Waals surface area contributed by atoms with Gasteiger partial charge in [-0.3, -0.25) is 9.58 Å². The van der Waals surface area contributed by atoms with E-state index < -0.39 is 0 Å². The summed E-state index contributed by atoms with van der Waals surface area (Å²) in [6.45, 7) is 1.27.